The van der Waals surface area contributed by atoms with Gasteiger partial charge < -0.3 is 4.90 Å². The Morgan fingerprint density at radius 2 is 1.95 bits per heavy atom. The van der Waals surface area contributed by atoms with Gasteiger partial charge in [-0.15, -0.1) is 11.6 Å². The molecule has 2 aromatic rings. The molecule has 1 heterocycles. The van der Waals surface area contributed by atoms with Crippen LogP contribution in [-0.4, -0.2) is 12.0 Å². The van der Waals surface area contributed by atoms with E-state index in [9.17, 15) is 0 Å². The molecule has 21 heavy (non-hydrogen) atoms. The Morgan fingerprint density at radius 3 is 2.62 bits per heavy atom. The van der Waals surface area contributed by atoms with Gasteiger partial charge >= 0.3 is 0 Å². The van der Waals surface area contributed by atoms with Crippen molar-refractivity contribution in [2.75, 3.05) is 11.9 Å². The number of anilines is 1. The highest BCUT2D eigenvalue weighted by atomic mass is 35.5. The van der Waals surface area contributed by atoms with Crippen LogP contribution in [0.4, 0.5) is 5.82 Å². The highest BCUT2D eigenvalue weighted by molar-refractivity contribution is 6.17. The van der Waals surface area contributed by atoms with E-state index in [2.05, 4.69) is 62.2 Å². The zero-order valence-corrected chi connectivity index (χ0v) is 13.8. The lowest BCUT2D eigenvalue weighted by Crippen LogP contribution is -2.19. The van der Waals surface area contributed by atoms with Crippen molar-refractivity contribution in [2.45, 2.75) is 39.1 Å². The number of alkyl halides is 1. The summed E-state index contributed by atoms with van der Waals surface area (Å²) in [4.78, 5) is 6.96. The van der Waals surface area contributed by atoms with Gasteiger partial charge in [-0.1, -0.05) is 37.6 Å². The van der Waals surface area contributed by atoms with Crippen LogP contribution in [0.25, 0.3) is 0 Å². The molecule has 1 aromatic heterocycles. The molecule has 0 saturated carbocycles. The summed E-state index contributed by atoms with van der Waals surface area (Å²) in [6.07, 6.45) is 2.09. The number of halogens is 1. The molecule has 1 aromatic carbocycles. The summed E-state index contributed by atoms with van der Waals surface area (Å²) >= 11 is 6.01. The summed E-state index contributed by atoms with van der Waals surface area (Å²) in [5.41, 5.74) is 4.91. The summed E-state index contributed by atoms with van der Waals surface area (Å²) in [6.45, 7) is 5.18. The van der Waals surface area contributed by atoms with E-state index in [1.807, 2.05) is 0 Å². The summed E-state index contributed by atoms with van der Waals surface area (Å²) < 4.78 is 0. The van der Waals surface area contributed by atoms with Gasteiger partial charge in [0.25, 0.3) is 0 Å². The van der Waals surface area contributed by atoms with Crippen LogP contribution in [0.1, 0.15) is 35.7 Å². The number of hydrogen-bond acceptors (Lipinski definition) is 2. The minimum Gasteiger partial charge on any atom is -0.355 e. The van der Waals surface area contributed by atoms with Crippen LogP contribution in [0.15, 0.2) is 36.4 Å². The lowest BCUT2D eigenvalue weighted by molar-refractivity contribution is 0.844. The minimum absolute atomic E-state index is 0.532. The number of rotatable bonds is 6. The third-order valence-corrected chi connectivity index (χ3v) is 3.95. The van der Waals surface area contributed by atoms with E-state index in [1.54, 1.807) is 0 Å². The fourth-order valence-corrected chi connectivity index (χ4v) is 2.57. The fraction of sp³-hybridized carbons (Fsp3) is 0.389. The molecule has 112 valence electrons. The molecule has 0 atom stereocenters. The van der Waals surface area contributed by atoms with Crippen molar-refractivity contribution in [2.24, 2.45) is 0 Å². The number of benzene rings is 1. The van der Waals surface area contributed by atoms with E-state index in [0.29, 0.717) is 5.88 Å². The highest BCUT2D eigenvalue weighted by Gasteiger charge is 2.08. The fourth-order valence-electron chi connectivity index (χ4n) is 2.41. The zero-order valence-electron chi connectivity index (χ0n) is 13.1. The monoisotopic (exact) mass is 302 g/mol. The lowest BCUT2D eigenvalue weighted by atomic mass is 10.1. The Hall–Kier alpha value is -1.54. The van der Waals surface area contributed by atoms with E-state index >= 15 is 0 Å². The van der Waals surface area contributed by atoms with Gasteiger partial charge in [0.15, 0.2) is 0 Å². The molecule has 0 amide bonds. The maximum absolute atomic E-state index is 6.01. The van der Waals surface area contributed by atoms with Gasteiger partial charge in [-0.25, -0.2) is 4.98 Å². The van der Waals surface area contributed by atoms with Crippen LogP contribution >= 0.6 is 11.6 Å². The average Bonchev–Trinajstić information content (AvgIpc) is 2.49. The third kappa shape index (κ3) is 4.21. The number of pyridine rings is 1. The predicted molar refractivity (Wildman–Crippen MR) is 91.1 cm³/mol. The van der Waals surface area contributed by atoms with Gasteiger partial charge in [0.1, 0.15) is 5.82 Å². The van der Waals surface area contributed by atoms with Crippen LogP contribution in [0.5, 0.6) is 0 Å². The number of aryl methyl sites for hydroxylation is 2. The minimum atomic E-state index is 0.532. The predicted octanol–water partition coefficient (Wildman–Crippen LogP) is 4.72. The zero-order chi connectivity index (χ0) is 15.2. The van der Waals surface area contributed by atoms with Crippen LogP contribution < -0.4 is 4.90 Å². The van der Waals surface area contributed by atoms with Gasteiger partial charge in [0.05, 0.1) is 0 Å². The molecule has 2 nitrogen and oxygen atoms in total. The second-order valence-corrected chi connectivity index (χ2v) is 5.76. The van der Waals surface area contributed by atoms with Gasteiger partial charge in [0, 0.05) is 25.2 Å². The first kappa shape index (κ1) is 15.8. The van der Waals surface area contributed by atoms with E-state index in [-0.39, 0.29) is 0 Å². The van der Waals surface area contributed by atoms with Crippen LogP contribution in [0.2, 0.25) is 0 Å². The van der Waals surface area contributed by atoms with E-state index in [1.165, 1.54) is 11.1 Å². The first-order chi connectivity index (χ1) is 10.1. The van der Waals surface area contributed by atoms with Crippen molar-refractivity contribution < 1.29 is 0 Å². The lowest BCUT2D eigenvalue weighted by Gasteiger charge is -2.21. The van der Waals surface area contributed by atoms with Crippen molar-refractivity contribution in [3.63, 3.8) is 0 Å². The van der Waals surface area contributed by atoms with Crippen molar-refractivity contribution in [1.29, 1.82) is 0 Å². The maximum Gasteiger partial charge on any atom is 0.129 e. The molecule has 0 fully saturated rings. The van der Waals surface area contributed by atoms with Gasteiger partial charge in [-0.05, 0) is 42.2 Å². The Kier molecular flexibility index (Phi) is 5.63. The maximum atomic E-state index is 6.01. The van der Waals surface area contributed by atoms with E-state index in [0.717, 1.165) is 36.5 Å². The van der Waals surface area contributed by atoms with Gasteiger partial charge in [-0.2, -0.15) is 0 Å². The summed E-state index contributed by atoms with van der Waals surface area (Å²) in [7, 11) is 2.09. The normalized spacial score (nSPS) is 10.7. The molecule has 0 N–H and O–H groups in total. The molecule has 0 aliphatic rings. The third-order valence-electron chi connectivity index (χ3n) is 3.64. The topological polar surface area (TPSA) is 16.1 Å². The molecule has 0 aliphatic carbocycles. The molecule has 0 saturated heterocycles. The molecular formula is C18H23ClN2. The molecule has 2 rings (SSSR count). The highest BCUT2D eigenvalue weighted by Crippen LogP contribution is 2.19. The first-order valence-corrected chi connectivity index (χ1v) is 7.99. The quantitative estimate of drug-likeness (QED) is 0.718. The van der Waals surface area contributed by atoms with Gasteiger partial charge in [-0.3, -0.25) is 0 Å². The SMILES string of the molecule is CCCc1cc(CCl)cc(N(C)Cc2ccccc2C)n1. The molecule has 0 unspecified atom stereocenters. The first-order valence-electron chi connectivity index (χ1n) is 7.45. The Bertz CT molecular complexity index is 596. The van der Waals surface area contributed by atoms with E-state index in [4.69, 9.17) is 16.6 Å². The van der Waals surface area contributed by atoms with Crippen LogP contribution in [0, 0.1) is 6.92 Å². The number of nitrogens with zero attached hydrogens (tertiary/aromatic N) is 2. The van der Waals surface area contributed by atoms with Crippen molar-refractivity contribution in [1.82, 2.24) is 4.98 Å². The summed E-state index contributed by atoms with van der Waals surface area (Å²) in [5, 5.41) is 0. The number of hydrogen-bond donors (Lipinski definition) is 0. The largest absolute Gasteiger partial charge is 0.355 e. The second-order valence-electron chi connectivity index (χ2n) is 5.49. The standard InChI is InChI=1S/C18H23ClN2/c1-4-7-17-10-15(12-19)11-18(20-17)21(3)13-16-9-6-5-8-14(16)2/h5-6,8-11H,4,7,12-13H2,1-3H3. The Balaban J connectivity index is 2.23. The smallest absolute Gasteiger partial charge is 0.129 e. The molecule has 0 spiro atoms. The average molecular weight is 303 g/mol. The molecule has 0 aliphatic heterocycles. The number of aromatic nitrogens is 1. The molecular weight excluding hydrogens is 280 g/mol. The molecule has 0 bridgehead atoms. The molecule has 0 radical (unpaired) electrons. The molecule has 3 heteroatoms. The van der Waals surface area contributed by atoms with Crippen LogP contribution in [-0.2, 0) is 18.8 Å². The van der Waals surface area contributed by atoms with E-state index < -0.39 is 0 Å². The van der Waals surface area contributed by atoms with Gasteiger partial charge in [0.2, 0.25) is 0 Å². The second kappa shape index (κ2) is 7.46. The summed E-state index contributed by atoms with van der Waals surface area (Å²) in [6, 6.07) is 12.7. The Labute approximate surface area is 132 Å². The summed E-state index contributed by atoms with van der Waals surface area (Å²) in [5.74, 6) is 1.53. The van der Waals surface area contributed by atoms with Crippen LogP contribution in [0.3, 0.4) is 0 Å². The Morgan fingerprint density at radius 1 is 1.19 bits per heavy atom. The van der Waals surface area contributed by atoms with Crippen molar-refractivity contribution >= 4 is 17.4 Å². The van der Waals surface area contributed by atoms with Crippen molar-refractivity contribution in [3.8, 4) is 0 Å². The van der Waals surface area contributed by atoms with Crippen molar-refractivity contribution in [3.05, 3.63) is 58.8 Å².